The second-order valence-corrected chi connectivity index (χ2v) is 1.57. The van der Waals surface area contributed by atoms with Gasteiger partial charge in [-0.3, -0.25) is 0 Å². The van der Waals surface area contributed by atoms with Crippen LogP contribution in [0.2, 0.25) is 0 Å². The molecule has 0 N–H and O–H groups in total. The Kier molecular flexibility index (Phi) is 4.02. The third kappa shape index (κ3) is 1.84. The molecule has 1 heteroatoms. The molecule has 0 aromatic heterocycles. The molecule has 0 aromatic rings. The van der Waals surface area contributed by atoms with Gasteiger partial charge in [0.05, 0.1) is 0 Å². The summed E-state index contributed by atoms with van der Waals surface area (Å²) in [6.07, 6.45) is 8.00. The second-order valence-electron chi connectivity index (χ2n) is 1.57. The maximum atomic E-state index is 2.36. The molecule has 0 bridgehead atoms. The molecule has 6 heavy (non-hydrogen) atoms. The zero-order valence-electron chi connectivity index (χ0n) is 3.76. The van der Waals surface area contributed by atoms with Crippen LogP contribution < -0.4 is 0 Å². The fourth-order valence-corrected chi connectivity index (χ4v) is 0.722. The third-order valence-corrected chi connectivity index (χ3v) is 1.07. The smallest absolute Gasteiger partial charge is 0 e. The molecular formula is C5H9Fe. The van der Waals surface area contributed by atoms with Crippen molar-refractivity contribution >= 4 is 0 Å². The van der Waals surface area contributed by atoms with E-state index in [1.165, 1.54) is 25.7 Å². The van der Waals surface area contributed by atoms with Crippen LogP contribution in [0.5, 0.6) is 0 Å². The number of hydrogen-bond donors (Lipinski definition) is 0. The van der Waals surface area contributed by atoms with Gasteiger partial charge in [0.15, 0.2) is 0 Å². The van der Waals surface area contributed by atoms with Gasteiger partial charge < -0.3 is 0 Å². The molecule has 1 radical (unpaired) electrons. The summed E-state index contributed by atoms with van der Waals surface area (Å²) in [7, 11) is 0. The second kappa shape index (κ2) is 3.70. The average molecular weight is 125 g/mol. The van der Waals surface area contributed by atoms with Crippen molar-refractivity contribution in [3.05, 3.63) is 6.42 Å². The van der Waals surface area contributed by atoms with Crippen molar-refractivity contribution in [2.24, 2.45) is 0 Å². The van der Waals surface area contributed by atoms with Crippen molar-refractivity contribution in [3.8, 4) is 0 Å². The van der Waals surface area contributed by atoms with Crippen molar-refractivity contribution in [3.63, 3.8) is 0 Å². The molecule has 0 atom stereocenters. The maximum absolute atomic E-state index is 2.36. The van der Waals surface area contributed by atoms with E-state index in [-0.39, 0.29) is 17.1 Å². The topological polar surface area (TPSA) is 0 Å². The molecule has 37 valence electrons. The van der Waals surface area contributed by atoms with Crippen molar-refractivity contribution < 1.29 is 17.1 Å². The number of hydrogen-bond acceptors (Lipinski definition) is 0. The van der Waals surface area contributed by atoms with Gasteiger partial charge in [-0.1, -0.05) is 25.7 Å². The maximum Gasteiger partial charge on any atom is 0 e. The van der Waals surface area contributed by atoms with Crippen molar-refractivity contribution in [1.82, 2.24) is 0 Å². The Morgan fingerprint density at radius 3 is 1.67 bits per heavy atom. The minimum Gasteiger partial charge on any atom is -0.0530 e. The minimum absolute atomic E-state index is 0. The molecule has 1 fully saturated rings. The summed E-state index contributed by atoms with van der Waals surface area (Å²) >= 11 is 0. The minimum atomic E-state index is 0. The van der Waals surface area contributed by atoms with Gasteiger partial charge in [0.25, 0.3) is 0 Å². The Labute approximate surface area is 49.8 Å². The van der Waals surface area contributed by atoms with Crippen LogP contribution in [-0.4, -0.2) is 0 Å². The van der Waals surface area contributed by atoms with Gasteiger partial charge in [0.1, 0.15) is 0 Å². The Bertz CT molecular complexity index is 15.5. The van der Waals surface area contributed by atoms with Crippen LogP contribution in [0.4, 0.5) is 0 Å². The fraction of sp³-hybridized carbons (Fsp3) is 0.800. The van der Waals surface area contributed by atoms with Crippen molar-refractivity contribution in [1.29, 1.82) is 0 Å². The first-order valence-corrected chi connectivity index (χ1v) is 2.32. The molecule has 1 aliphatic carbocycles. The summed E-state index contributed by atoms with van der Waals surface area (Å²) in [4.78, 5) is 0. The molecular weight excluding hydrogens is 116 g/mol. The quantitative estimate of drug-likeness (QED) is 0.432. The summed E-state index contributed by atoms with van der Waals surface area (Å²) in [5, 5.41) is 0. The molecule has 1 saturated carbocycles. The monoisotopic (exact) mass is 125 g/mol. The van der Waals surface area contributed by atoms with Crippen molar-refractivity contribution in [2.75, 3.05) is 0 Å². The van der Waals surface area contributed by atoms with Gasteiger partial charge in [0.2, 0.25) is 0 Å². The van der Waals surface area contributed by atoms with E-state index in [2.05, 4.69) is 6.42 Å². The Hall–Kier alpha value is 0.519. The van der Waals surface area contributed by atoms with Crippen LogP contribution in [0, 0.1) is 6.42 Å². The third-order valence-electron chi connectivity index (χ3n) is 1.07. The summed E-state index contributed by atoms with van der Waals surface area (Å²) in [5.74, 6) is 0. The average Bonchev–Trinajstić information content (AvgIpc) is 1.76. The molecule has 1 aliphatic rings. The summed E-state index contributed by atoms with van der Waals surface area (Å²) in [5.41, 5.74) is 0. The molecule has 0 amide bonds. The van der Waals surface area contributed by atoms with E-state index >= 15 is 0 Å². The molecule has 0 spiro atoms. The van der Waals surface area contributed by atoms with E-state index < -0.39 is 0 Å². The number of rotatable bonds is 0. The van der Waals surface area contributed by atoms with Gasteiger partial charge in [0, 0.05) is 17.1 Å². The van der Waals surface area contributed by atoms with E-state index in [0.717, 1.165) is 0 Å². The molecule has 0 saturated heterocycles. The zero-order valence-corrected chi connectivity index (χ0v) is 4.86. The van der Waals surface area contributed by atoms with Crippen LogP contribution in [0.15, 0.2) is 0 Å². The first-order chi connectivity index (χ1) is 2.50. The molecule has 0 aromatic carbocycles. The Morgan fingerprint density at radius 2 is 1.50 bits per heavy atom. The van der Waals surface area contributed by atoms with Crippen LogP contribution in [0.1, 0.15) is 25.7 Å². The predicted molar refractivity (Wildman–Crippen MR) is 22.8 cm³/mol. The molecule has 0 unspecified atom stereocenters. The molecule has 0 heterocycles. The van der Waals surface area contributed by atoms with Crippen LogP contribution in [-0.2, 0) is 17.1 Å². The summed E-state index contributed by atoms with van der Waals surface area (Å²) in [6, 6.07) is 0. The first kappa shape index (κ1) is 6.52. The largest absolute Gasteiger partial charge is 0.0530 e. The van der Waals surface area contributed by atoms with Crippen LogP contribution in [0.25, 0.3) is 0 Å². The molecule has 0 nitrogen and oxygen atoms in total. The van der Waals surface area contributed by atoms with E-state index in [9.17, 15) is 0 Å². The van der Waals surface area contributed by atoms with E-state index in [1.54, 1.807) is 0 Å². The van der Waals surface area contributed by atoms with Gasteiger partial charge >= 0.3 is 0 Å². The zero-order chi connectivity index (χ0) is 3.54. The van der Waals surface area contributed by atoms with Gasteiger partial charge in [-0.25, -0.2) is 0 Å². The van der Waals surface area contributed by atoms with Gasteiger partial charge in [-0.2, -0.15) is 0 Å². The van der Waals surface area contributed by atoms with E-state index in [4.69, 9.17) is 0 Å². The predicted octanol–water partition coefficient (Wildman–Crippen LogP) is 1.76. The summed E-state index contributed by atoms with van der Waals surface area (Å²) < 4.78 is 0. The van der Waals surface area contributed by atoms with Gasteiger partial charge in [-0.05, 0) is 6.42 Å². The molecule has 0 aliphatic heterocycles. The SMILES string of the molecule is [CH]1CCCC1.[Fe]. The Morgan fingerprint density at radius 1 is 1.00 bits per heavy atom. The standard InChI is InChI=1S/C5H9.Fe/c1-2-4-5-3-1;/h1H,2-5H2;. The van der Waals surface area contributed by atoms with E-state index in [1.807, 2.05) is 0 Å². The summed E-state index contributed by atoms with van der Waals surface area (Å²) in [6.45, 7) is 0. The van der Waals surface area contributed by atoms with Crippen molar-refractivity contribution in [2.45, 2.75) is 25.7 Å². The Balaban J connectivity index is 0.000000250. The van der Waals surface area contributed by atoms with Crippen LogP contribution >= 0.6 is 0 Å². The van der Waals surface area contributed by atoms with E-state index in [0.29, 0.717) is 0 Å². The first-order valence-electron chi connectivity index (χ1n) is 2.32. The van der Waals surface area contributed by atoms with Crippen LogP contribution in [0.3, 0.4) is 0 Å². The molecule has 1 rings (SSSR count). The normalized spacial score (nSPS) is 20.0. The van der Waals surface area contributed by atoms with Gasteiger partial charge in [-0.15, -0.1) is 0 Å². The fourth-order valence-electron chi connectivity index (χ4n) is 0.722.